The monoisotopic (exact) mass is 397 g/mol. The Kier molecular flexibility index (Phi) is 5.75. The highest BCUT2D eigenvalue weighted by Crippen LogP contribution is 2.35. The summed E-state index contributed by atoms with van der Waals surface area (Å²) in [5.41, 5.74) is 3.28. The minimum absolute atomic E-state index is 0.127. The van der Waals surface area contributed by atoms with E-state index >= 15 is 0 Å². The molecule has 0 saturated carbocycles. The highest BCUT2D eigenvalue weighted by Gasteiger charge is 2.34. The van der Waals surface area contributed by atoms with E-state index in [0.717, 1.165) is 12.3 Å². The standard InChI is InChI=1S/C17H14F3N3O3S/c1-27(25,26)10-11-2-5-13(6-3-11)16(24)23-22-15-7-4-12(9-21)8-14(15)17(18,19)20/h2-8,22H,10H2,1H3,(H,23,24). The van der Waals surface area contributed by atoms with Crippen LogP contribution in [0.4, 0.5) is 18.9 Å². The highest BCUT2D eigenvalue weighted by molar-refractivity contribution is 7.89. The minimum Gasteiger partial charge on any atom is -0.298 e. The molecule has 2 aromatic carbocycles. The SMILES string of the molecule is CS(=O)(=O)Cc1ccc(C(=O)NNc2ccc(C#N)cc2C(F)(F)F)cc1. The van der Waals surface area contributed by atoms with Gasteiger partial charge in [0.1, 0.15) is 0 Å². The number of hydrogen-bond acceptors (Lipinski definition) is 5. The Morgan fingerprint density at radius 3 is 2.30 bits per heavy atom. The summed E-state index contributed by atoms with van der Waals surface area (Å²) >= 11 is 0. The second-order valence-electron chi connectivity index (χ2n) is 5.72. The van der Waals surface area contributed by atoms with E-state index in [9.17, 15) is 26.4 Å². The van der Waals surface area contributed by atoms with Gasteiger partial charge >= 0.3 is 6.18 Å². The van der Waals surface area contributed by atoms with Crippen molar-refractivity contribution in [2.24, 2.45) is 0 Å². The predicted molar refractivity (Wildman–Crippen MR) is 92.2 cm³/mol. The van der Waals surface area contributed by atoms with Gasteiger partial charge in [-0.05, 0) is 35.9 Å². The lowest BCUT2D eigenvalue weighted by Gasteiger charge is -2.15. The third-order valence-corrected chi connectivity index (χ3v) is 4.27. The van der Waals surface area contributed by atoms with Gasteiger partial charge < -0.3 is 0 Å². The number of sulfone groups is 1. The van der Waals surface area contributed by atoms with E-state index < -0.39 is 33.2 Å². The number of carbonyl (C=O) groups is 1. The molecule has 0 heterocycles. The molecule has 6 nitrogen and oxygen atoms in total. The smallest absolute Gasteiger partial charge is 0.298 e. The lowest BCUT2D eigenvalue weighted by molar-refractivity contribution is -0.137. The van der Waals surface area contributed by atoms with Crippen LogP contribution in [0.2, 0.25) is 0 Å². The van der Waals surface area contributed by atoms with Crippen molar-refractivity contribution in [1.82, 2.24) is 5.43 Å². The molecule has 0 aliphatic heterocycles. The third kappa shape index (κ3) is 5.72. The van der Waals surface area contributed by atoms with Crippen molar-refractivity contribution in [3.8, 4) is 6.07 Å². The summed E-state index contributed by atoms with van der Waals surface area (Å²) < 4.78 is 61.7. The Bertz CT molecular complexity index is 995. The molecule has 2 aromatic rings. The van der Waals surface area contributed by atoms with Crippen molar-refractivity contribution >= 4 is 21.4 Å². The fraction of sp³-hybridized carbons (Fsp3) is 0.176. The molecule has 142 valence electrons. The molecule has 27 heavy (non-hydrogen) atoms. The minimum atomic E-state index is -4.72. The van der Waals surface area contributed by atoms with Gasteiger partial charge in [-0.1, -0.05) is 12.1 Å². The van der Waals surface area contributed by atoms with E-state index in [1.54, 1.807) is 6.07 Å². The molecule has 0 unspecified atom stereocenters. The van der Waals surface area contributed by atoms with Crippen LogP contribution < -0.4 is 10.9 Å². The molecule has 0 aliphatic rings. The topological polar surface area (TPSA) is 99.1 Å². The van der Waals surface area contributed by atoms with Crippen LogP contribution in [0.15, 0.2) is 42.5 Å². The summed E-state index contributed by atoms with van der Waals surface area (Å²) in [5, 5.41) is 8.73. The number of hydrogen-bond donors (Lipinski definition) is 2. The fourth-order valence-electron chi connectivity index (χ4n) is 2.21. The molecular weight excluding hydrogens is 383 g/mol. The Morgan fingerprint density at radius 1 is 1.15 bits per heavy atom. The van der Waals surface area contributed by atoms with Gasteiger partial charge in [0, 0.05) is 11.8 Å². The molecule has 0 atom stereocenters. The van der Waals surface area contributed by atoms with Crippen LogP contribution in [0.1, 0.15) is 27.0 Å². The van der Waals surface area contributed by atoms with E-state index in [-0.39, 0.29) is 16.9 Å². The summed E-state index contributed by atoms with van der Waals surface area (Å²) in [6.45, 7) is 0. The van der Waals surface area contributed by atoms with Crippen molar-refractivity contribution < 1.29 is 26.4 Å². The Morgan fingerprint density at radius 2 is 1.78 bits per heavy atom. The predicted octanol–water partition coefficient (Wildman–Crippen LogP) is 2.88. The summed E-state index contributed by atoms with van der Waals surface area (Å²) in [6, 6.07) is 10.1. The molecule has 1 amide bonds. The van der Waals surface area contributed by atoms with E-state index in [0.29, 0.717) is 11.6 Å². The van der Waals surface area contributed by atoms with E-state index in [1.165, 1.54) is 30.3 Å². The van der Waals surface area contributed by atoms with Crippen molar-refractivity contribution in [2.45, 2.75) is 11.9 Å². The van der Waals surface area contributed by atoms with Gasteiger partial charge in [-0.25, -0.2) is 8.42 Å². The van der Waals surface area contributed by atoms with Crippen LogP contribution in [-0.2, 0) is 21.8 Å². The molecule has 0 spiro atoms. The van der Waals surface area contributed by atoms with E-state index in [4.69, 9.17) is 5.26 Å². The largest absolute Gasteiger partial charge is 0.418 e. The number of hydrazine groups is 1. The van der Waals surface area contributed by atoms with Crippen molar-refractivity contribution in [3.05, 3.63) is 64.7 Å². The van der Waals surface area contributed by atoms with Crippen LogP contribution in [0.25, 0.3) is 0 Å². The average molecular weight is 397 g/mol. The van der Waals surface area contributed by atoms with Crippen molar-refractivity contribution in [3.63, 3.8) is 0 Å². The molecule has 0 fully saturated rings. The molecule has 0 saturated heterocycles. The zero-order chi connectivity index (χ0) is 20.2. The summed E-state index contributed by atoms with van der Waals surface area (Å²) in [6.07, 6.45) is -3.64. The second-order valence-corrected chi connectivity index (χ2v) is 7.86. The number of amides is 1. The molecule has 0 radical (unpaired) electrons. The maximum atomic E-state index is 13.1. The van der Waals surface area contributed by atoms with Crippen LogP contribution >= 0.6 is 0 Å². The first-order valence-electron chi connectivity index (χ1n) is 7.44. The van der Waals surface area contributed by atoms with Crippen molar-refractivity contribution in [1.29, 1.82) is 5.26 Å². The average Bonchev–Trinajstić information content (AvgIpc) is 2.58. The van der Waals surface area contributed by atoms with Gasteiger partial charge in [-0.3, -0.25) is 15.6 Å². The number of nitrogens with one attached hydrogen (secondary N) is 2. The van der Waals surface area contributed by atoms with E-state index in [1.807, 2.05) is 0 Å². The lowest BCUT2D eigenvalue weighted by Crippen LogP contribution is -2.30. The zero-order valence-corrected chi connectivity index (χ0v) is 14.8. The number of carbonyl (C=O) groups excluding carboxylic acids is 1. The van der Waals surface area contributed by atoms with Gasteiger partial charge in [0.2, 0.25) is 0 Å². The quantitative estimate of drug-likeness (QED) is 0.756. The number of halogens is 3. The van der Waals surface area contributed by atoms with Crippen LogP contribution in [0.5, 0.6) is 0 Å². The number of alkyl halides is 3. The number of nitriles is 1. The molecule has 0 bridgehead atoms. The number of anilines is 1. The van der Waals surface area contributed by atoms with Crippen LogP contribution in [0, 0.1) is 11.3 Å². The maximum Gasteiger partial charge on any atom is 0.418 e. The molecular formula is C17H14F3N3O3S. The van der Waals surface area contributed by atoms with Gasteiger partial charge in [-0.15, -0.1) is 0 Å². The first kappa shape index (κ1) is 20.3. The summed E-state index contributed by atoms with van der Waals surface area (Å²) in [4.78, 5) is 12.1. The summed E-state index contributed by atoms with van der Waals surface area (Å²) in [7, 11) is -3.22. The number of nitrogens with zero attached hydrogens (tertiary/aromatic N) is 1. The highest BCUT2D eigenvalue weighted by atomic mass is 32.2. The first-order valence-corrected chi connectivity index (χ1v) is 9.50. The first-order chi connectivity index (χ1) is 12.5. The van der Waals surface area contributed by atoms with E-state index in [2.05, 4.69) is 10.9 Å². The number of rotatable bonds is 5. The fourth-order valence-corrected chi connectivity index (χ4v) is 3.01. The van der Waals surface area contributed by atoms with Gasteiger partial charge in [0.25, 0.3) is 5.91 Å². The third-order valence-electron chi connectivity index (χ3n) is 3.41. The second kappa shape index (κ2) is 7.67. The molecule has 0 aliphatic carbocycles. The Labute approximate surface area is 153 Å². The Balaban J connectivity index is 2.13. The van der Waals surface area contributed by atoms with Gasteiger partial charge in [-0.2, -0.15) is 18.4 Å². The van der Waals surface area contributed by atoms with Crippen molar-refractivity contribution in [2.75, 3.05) is 11.7 Å². The summed E-state index contributed by atoms with van der Waals surface area (Å²) in [5.74, 6) is -0.897. The van der Waals surface area contributed by atoms with Gasteiger partial charge in [0.15, 0.2) is 9.84 Å². The molecule has 0 aromatic heterocycles. The number of benzene rings is 2. The molecule has 10 heteroatoms. The van der Waals surface area contributed by atoms with Crippen LogP contribution in [-0.4, -0.2) is 20.6 Å². The zero-order valence-electron chi connectivity index (χ0n) is 14.0. The normalized spacial score (nSPS) is 11.5. The molecule has 2 rings (SSSR count). The van der Waals surface area contributed by atoms with Crippen LogP contribution in [0.3, 0.4) is 0 Å². The molecule has 2 N–H and O–H groups in total. The maximum absolute atomic E-state index is 13.1. The lowest BCUT2D eigenvalue weighted by atomic mass is 10.1. The van der Waals surface area contributed by atoms with Gasteiger partial charge in [0.05, 0.1) is 28.6 Å². The Hall–Kier alpha value is -3.06.